The van der Waals surface area contributed by atoms with E-state index in [4.69, 9.17) is 14.2 Å². The van der Waals surface area contributed by atoms with Crippen LogP contribution in [0.5, 0.6) is 23.0 Å². The van der Waals surface area contributed by atoms with Crippen molar-refractivity contribution in [1.29, 1.82) is 0 Å². The smallest absolute Gasteiger partial charge is 0.232 e. The molecule has 31 heavy (non-hydrogen) atoms. The highest BCUT2D eigenvalue weighted by Gasteiger charge is 2.34. The zero-order chi connectivity index (χ0) is 22.0. The first-order chi connectivity index (χ1) is 15.0. The Morgan fingerprint density at radius 1 is 1.10 bits per heavy atom. The fourth-order valence-electron chi connectivity index (χ4n) is 4.33. The summed E-state index contributed by atoms with van der Waals surface area (Å²) in [7, 11) is 3.17. The first-order valence-electron chi connectivity index (χ1n) is 10.8. The van der Waals surface area contributed by atoms with Gasteiger partial charge in [-0.05, 0) is 62.7 Å². The van der Waals surface area contributed by atoms with Gasteiger partial charge in [-0.3, -0.25) is 9.69 Å². The standard InChI is InChI=1S/C25H29NO5/c1-16-12-20(27)19(15-26-10-6-4-5-7-11-26)25-23(16)24(28)22(31-25)13-17-8-9-18(29-2)14-21(17)30-3/h8-9,12-14,27H,4-7,10-11,15H2,1-3H3/b22-13-. The van der Waals surface area contributed by atoms with Crippen molar-refractivity contribution < 1.29 is 24.1 Å². The topological polar surface area (TPSA) is 68.2 Å². The summed E-state index contributed by atoms with van der Waals surface area (Å²) in [5.74, 6) is 1.96. The van der Waals surface area contributed by atoms with E-state index in [0.29, 0.717) is 40.5 Å². The molecule has 0 spiro atoms. The predicted octanol–water partition coefficient (Wildman–Crippen LogP) is 4.71. The van der Waals surface area contributed by atoms with Gasteiger partial charge in [0, 0.05) is 18.2 Å². The van der Waals surface area contributed by atoms with Crippen LogP contribution in [0.1, 0.15) is 52.7 Å². The molecule has 1 saturated heterocycles. The number of hydrogen-bond acceptors (Lipinski definition) is 6. The zero-order valence-corrected chi connectivity index (χ0v) is 18.4. The summed E-state index contributed by atoms with van der Waals surface area (Å²) < 4.78 is 16.8. The second kappa shape index (κ2) is 9.02. The van der Waals surface area contributed by atoms with Crippen LogP contribution < -0.4 is 14.2 Å². The number of nitrogens with zero attached hydrogens (tertiary/aromatic N) is 1. The third-order valence-corrected chi connectivity index (χ3v) is 6.03. The number of benzene rings is 2. The highest BCUT2D eigenvalue weighted by atomic mass is 16.5. The molecule has 2 aromatic rings. The van der Waals surface area contributed by atoms with E-state index in [9.17, 15) is 9.90 Å². The molecule has 2 aliphatic rings. The van der Waals surface area contributed by atoms with Gasteiger partial charge in [0.15, 0.2) is 5.76 Å². The number of aromatic hydroxyl groups is 1. The van der Waals surface area contributed by atoms with E-state index >= 15 is 0 Å². The van der Waals surface area contributed by atoms with Crippen LogP contribution in [-0.2, 0) is 6.54 Å². The van der Waals surface area contributed by atoms with Crippen LogP contribution in [-0.4, -0.2) is 43.1 Å². The molecule has 0 saturated carbocycles. The molecule has 2 aromatic carbocycles. The van der Waals surface area contributed by atoms with Gasteiger partial charge in [-0.25, -0.2) is 0 Å². The molecule has 0 aliphatic carbocycles. The van der Waals surface area contributed by atoms with Gasteiger partial charge in [-0.2, -0.15) is 0 Å². The van der Waals surface area contributed by atoms with Crippen LogP contribution >= 0.6 is 0 Å². The number of ether oxygens (including phenoxy) is 3. The summed E-state index contributed by atoms with van der Waals surface area (Å²) in [6.07, 6.45) is 6.46. The third-order valence-electron chi connectivity index (χ3n) is 6.03. The fourth-order valence-corrected chi connectivity index (χ4v) is 4.33. The van der Waals surface area contributed by atoms with Crippen molar-refractivity contribution in [3.8, 4) is 23.0 Å². The molecule has 0 radical (unpaired) electrons. The molecule has 0 amide bonds. The molecule has 164 valence electrons. The second-order valence-corrected chi connectivity index (χ2v) is 8.13. The van der Waals surface area contributed by atoms with Gasteiger partial charge >= 0.3 is 0 Å². The number of allylic oxidation sites excluding steroid dienone is 1. The summed E-state index contributed by atoms with van der Waals surface area (Å²) in [5, 5.41) is 10.7. The van der Waals surface area contributed by atoms with E-state index in [1.807, 2.05) is 19.1 Å². The number of Topliss-reactive ketones (excluding diaryl/α,β-unsaturated/α-hetero) is 1. The third kappa shape index (κ3) is 4.26. The Bertz CT molecular complexity index is 1020. The number of carbonyl (C=O) groups is 1. The molecule has 1 fully saturated rings. The van der Waals surface area contributed by atoms with Gasteiger partial charge in [0.05, 0.1) is 25.3 Å². The number of phenolic OH excluding ortho intramolecular Hbond substituents is 1. The largest absolute Gasteiger partial charge is 0.507 e. The number of aryl methyl sites for hydroxylation is 1. The lowest BCUT2D eigenvalue weighted by atomic mass is 9.99. The van der Waals surface area contributed by atoms with E-state index in [2.05, 4.69) is 4.90 Å². The summed E-state index contributed by atoms with van der Waals surface area (Å²) in [4.78, 5) is 15.5. The molecular weight excluding hydrogens is 394 g/mol. The maximum atomic E-state index is 13.2. The van der Waals surface area contributed by atoms with Crippen LogP contribution in [0.2, 0.25) is 0 Å². The minimum absolute atomic E-state index is 0.177. The van der Waals surface area contributed by atoms with Crippen molar-refractivity contribution in [3.63, 3.8) is 0 Å². The van der Waals surface area contributed by atoms with Gasteiger partial charge in [0.25, 0.3) is 0 Å². The minimum Gasteiger partial charge on any atom is -0.507 e. The average molecular weight is 424 g/mol. The predicted molar refractivity (Wildman–Crippen MR) is 119 cm³/mol. The second-order valence-electron chi connectivity index (χ2n) is 8.13. The number of methoxy groups -OCH3 is 2. The highest BCUT2D eigenvalue weighted by Crippen LogP contribution is 2.43. The molecule has 0 atom stereocenters. The van der Waals surface area contributed by atoms with E-state index in [0.717, 1.165) is 31.5 Å². The van der Waals surface area contributed by atoms with Crippen molar-refractivity contribution in [2.75, 3.05) is 27.3 Å². The summed E-state index contributed by atoms with van der Waals surface area (Å²) in [6, 6.07) is 7.07. The van der Waals surface area contributed by atoms with Gasteiger partial charge in [0.2, 0.25) is 5.78 Å². The van der Waals surface area contributed by atoms with E-state index in [1.54, 1.807) is 32.4 Å². The number of rotatable bonds is 5. The van der Waals surface area contributed by atoms with Crippen LogP contribution in [0, 0.1) is 6.92 Å². The van der Waals surface area contributed by atoms with E-state index in [1.165, 1.54) is 12.8 Å². The Morgan fingerprint density at radius 2 is 1.84 bits per heavy atom. The Balaban J connectivity index is 1.69. The Kier molecular flexibility index (Phi) is 6.18. The van der Waals surface area contributed by atoms with Crippen molar-refractivity contribution in [3.05, 3.63) is 52.3 Å². The van der Waals surface area contributed by atoms with Gasteiger partial charge < -0.3 is 19.3 Å². The zero-order valence-electron chi connectivity index (χ0n) is 18.4. The fraction of sp³-hybridized carbons (Fsp3) is 0.400. The quantitative estimate of drug-likeness (QED) is 0.703. The molecular formula is C25H29NO5. The number of ketones is 1. The lowest BCUT2D eigenvalue weighted by Gasteiger charge is -2.22. The molecule has 0 aromatic heterocycles. The van der Waals surface area contributed by atoms with Crippen LogP contribution in [0.25, 0.3) is 6.08 Å². The summed E-state index contributed by atoms with van der Waals surface area (Å²) in [6.45, 7) is 4.37. The summed E-state index contributed by atoms with van der Waals surface area (Å²) >= 11 is 0. The van der Waals surface area contributed by atoms with Crippen molar-refractivity contribution >= 4 is 11.9 Å². The number of carbonyl (C=O) groups excluding carboxylic acids is 1. The van der Waals surface area contributed by atoms with Gasteiger partial charge in [-0.15, -0.1) is 0 Å². The molecule has 0 unspecified atom stereocenters. The van der Waals surface area contributed by atoms with Crippen molar-refractivity contribution in [2.45, 2.75) is 39.2 Å². The van der Waals surface area contributed by atoms with Crippen molar-refractivity contribution in [1.82, 2.24) is 4.90 Å². The number of fused-ring (bicyclic) bond motifs is 1. The Labute approximate surface area is 183 Å². The minimum atomic E-state index is -0.178. The molecule has 1 N–H and O–H groups in total. The molecule has 4 rings (SSSR count). The lowest BCUT2D eigenvalue weighted by Crippen LogP contribution is -2.24. The molecule has 6 heteroatoms. The molecule has 2 aliphatic heterocycles. The first-order valence-corrected chi connectivity index (χ1v) is 10.8. The number of likely N-dealkylation sites (tertiary alicyclic amines) is 1. The number of phenols is 1. The lowest BCUT2D eigenvalue weighted by molar-refractivity contribution is 0.101. The number of hydrogen-bond donors (Lipinski definition) is 1. The van der Waals surface area contributed by atoms with Gasteiger partial charge in [-0.1, -0.05) is 12.8 Å². The maximum absolute atomic E-state index is 13.2. The first kappa shape index (κ1) is 21.2. The average Bonchev–Trinajstić information content (AvgIpc) is 2.93. The Morgan fingerprint density at radius 3 is 2.52 bits per heavy atom. The monoisotopic (exact) mass is 423 g/mol. The van der Waals surface area contributed by atoms with Crippen LogP contribution in [0.15, 0.2) is 30.0 Å². The molecule has 0 bridgehead atoms. The summed E-state index contributed by atoms with van der Waals surface area (Å²) in [5.41, 5.74) is 2.64. The van der Waals surface area contributed by atoms with E-state index in [-0.39, 0.29) is 17.3 Å². The van der Waals surface area contributed by atoms with Crippen LogP contribution in [0.3, 0.4) is 0 Å². The van der Waals surface area contributed by atoms with Gasteiger partial charge in [0.1, 0.15) is 23.0 Å². The van der Waals surface area contributed by atoms with E-state index < -0.39 is 0 Å². The highest BCUT2D eigenvalue weighted by molar-refractivity contribution is 6.16. The van der Waals surface area contributed by atoms with Crippen molar-refractivity contribution in [2.24, 2.45) is 0 Å². The Hall–Kier alpha value is -2.99. The van der Waals surface area contributed by atoms with Crippen LogP contribution in [0.4, 0.5) is 0 Å². The molecule has 6 nitrogen and oxygen atoms in total. The SMILES string of the molecule is COc1ccc(/C=C2\Oc3c(CN4CCCCCC4)c(O)cc(C)c3C2=O)c(OC)c1. The maximum Gasteiger partial charge on any atom is 0.232 e. The molecule has 2 heterocycles. The normalized spacial score (nSPS) is 17.9.